The summed E-state index contributed by atoms with van der Waals surface area (Å²) in [6.45, 7) is 6.03. The summed E-state index contributed by atoms with van der Waals surface area (Å²) in [6, 6.07) is 16.5. The Morgan fingerprint density at radius 1 is 1.13 bits per heavy atom. The maximum absolute atomic E-state index is 12.7. The first-order valence-corrected chi connectivity index (χ1v) is 10.9. The lowest BCUT2D eigenvalue weighted by atomic mass is 9.95. The van der Waals surface area contributed by atoms with E-state index in [2.05, 4.69) is 52.3 Å². The number of amides is 1. The molecule has 30 heavy (non-hydrogen) atoms. The Hall–Kier alpha value is -2.79. The summed E-state index contributed by atoms with van der Waals surface area (Å²) in [4.78, 5) is 15.1. The summed E-state index contributed by atoms with van der Waals surface area (Å²) in [6.07, 6.45) is 4.06. The van der Waals surface area contributed by atoms with E-state index in [0.29, 0.717) is 13.2 Å². The number of nitrogens with zero attached hydrogens (tertiary/aromatic N) is 2. The summed E-state index contributed by atoms with van der Waals surface area (Å²) < 4.78 is 7.74. The number of para-hydroxylation sites is 1. The van der Waals surface area contributed by atoms with Gasteiger partial charge in [-0.2, -0.15) is 0 Å². The maximum Gasteiger partial charge on any atom is 0.223 e. The molecule has 1 aromatic heterocycles. The van der Waals surface area contributed by atoms with Gasteiger partial charge in [0.15, 0.2) is 0 Å². The number of fused-ring (bicyclic) bond motifs is 1. The van der Waals surface area contributed by atoms with Crippen LogP contribution in [-0.2, 0) is 24.9 Å². The van der Waals surface area contributed by atoms with Gasteiger partial charge in [-0.25, -0.2) is 0 Å². The van der Waals surface area contributed by atoms with E-state index in [4.69, 9.17) is 4.74 Å². The SMILES string of the molecule is CCOc1cccc(CNC(=O)C2CCN(Cc3cn(C)c4ccccc34)CC2)c1. The first kappa shape index (κ1) is 20.5. The summed E-state index contributed by atoms with van der Waals surface area (Å²) in [7, 11) is 2.10. The molecule has 0 radical (unpaired) electrons. The smallest absolute Gasteiger partial charge is 0.223 e. The van der Waals surface area contributed by atoms with Crippen molar-refractivity contribution in [2.75, 3.05) is 19.7 Å². The van der Waals surface area contributed by atoms with Crippen LogP contribution in [0.5, 0.6) is 5.75 Å². The Balaban J connectivity index is 1.28. The third-order valence-corrected chi connectivity index (χ3v) is 6.01. The fourth-order valence-corrected chi connectivity index (χ4v) is 4.39. The van der Waals surface area contributed by atoms with Crippen LogP contribution in [0.15, 0.2) is 54.7 Å². The molecule has 3 aromatic rings. The molecule has 0 aliphatic carbocycles. The van der Waals surface area contributed by atoms with Crippen LogP contribution in [0.1, 0.15) is 30.9 Å². The number of aromatic nitrogens is 1. The minimum absolute atomic E-state index is 0.101. The van der Waals surface area contributed by atoms with Gasteiger partial charge in [-0.15, -0.1) is 0 Å². The molecule has 0 saturated carbocycles. The van der Waals surface area contributed by atoms with Crippen LogP contribution in [-0.4, -0.2) is 35.1 Å². The van der Waals surface area contributed by atoms with Gasteiger partial charge in [-0.1, -0.05) is 30.3 Å². The number of hydrogen-bond acceptors (Lipinski definition) is 3. The zero-order chi connectivity index (χ0) is 20.9. The molecule has 0 bridgehead atoms. The number of carbonyl (C=O) groups is 1. The zero-order valence-electron chi connectivity index (χ0n) is 17.9. The molecule has 5 nitrogen and oxygen atoms in total. The Labute approximate surface area is 178 Å². The summed E-state index contributed by atoms with van der Waals surface area (Å²) in [5.74, 6) is 1.12. The molecule has 1 aliphatic rings. The van der Waals surface area contributed by atoms with E-state index in [0.717, 1.165) is 43.8 Å². The minimum atomic E-state index is 0.101. The largest absolute Gasteiger partial charge is 0.494 e. The molecule has 0 spiro atoms. The van der Waals surface area contributed by atoms with Crippen molar-refractivity contribution in [1.29, 1.82) is 0 Å². The van der Waals surface area contributed by atoms with Gasteiger partial charge in [0.1, 0.15) is 5.75 Å². The lowest BCUT2D eigenvalue weighted by molar-refractivity contribution is -0.126. The summed E-state index contributed by atoms with van der Waals surface area (Å²) >= 11 is 0. The standard InChI is InChI=1S/C25H31N3O2/c1-3-30-22-8-6-7-19(15-22)16-26-25(29)20-11-13-28(14-12-20)18-21-17-27(2)24-10-5-4-9-23(21)24/h4-10,15,17,20H,3,11-14,16,18H2,1-2H3,(H,26,29). The molecule has 2 aromatic carbocycles. The first-order valence-electron chi connectivity index (χ1n) is 10.9. The van der Waals surface area contributed by atoms with Crippen LogP contribution in [0.2, 0.25) is 0 Å². The van der Waals surface area contributed by atoms with Crippen molar-refractivity contribution in [2.24, 2.45) is 13.0 Å². The maximum atomic E-state index is 12.7. The summed E-state index contributed by atoms with van der Waals surface area (Å²) in [5.41, 5.74) is 3.71. The Kier molecular flexibility index (Phi) is 6.38. The molecule has 1 fully saturated rings. The van der Waals surface area contributed by atoms with Gasteiger partial charge in [0.2, 0.25) is 5.91 Å². The highest BCUT2D eigenvalue weighted by molar-refractivity contribution is 5.83. The zero-order valence-corrected chi connectivity index (χ0v) is 17.9. The van der Waals surface area contributed by atoms with Gasteiger partial charge in [-0.05, 0) is 62.2 Å². The number of piperidine rings is 1. The van der Waals surface area contributed by atoms with E-state index in [9.17, 15) is 4.79 Å². The number of likely N-dealkylation sites (tertiary alicyclic amines) is 1. The molecule has 0 atom stereocenters. The molecule has 2 heterocycles. The van der Waals surface area contributed by atoms with Gasteiger partial charge < -0.3 is 14.6 Å². The third-order valence-electron chi connectivity index (χ3n) is 6.01. The average Bonchev–Trinajstić information content (AvgIpc) is 3.09. The minimum Gasteiger partial charge on any atom is -0.494 e. The molecule has 158 valence electrons. The molecule has 1 N–H and O–H groups in total. The van der Waals surface area contributed by atoms with Crippen molar-refractivity contribution in [3.05, 3.63) is 65.9 Å². The molecule has 1 aliphatic heterocycles. The van der Waals surface area contributed by atoms with Crippen molar-refractivity contribution >= 4 is 16.8 Å². The van der Waals surface area contributed by atoms with E-state index in [-0.39, 0.29) is 11.8 Å². The Morgan fingerprint density at radius 2 is 1.93 bits per heavy atom. The fraction of sp³-hybridized carbons (Fsp3) is 0.400. The number of aryl methyl sites for hydroxylation is 1. The monoisotopic (exact) mass is 405 g/mol. The van der Waals surface area contributed by atoms with Crippen LogP contribution in [0, 0.1) is 5.92 Å². The van der Waals surface area contributed by atoms with E-state index >= 15 is 0 Å². The topological polar surface area (TPSA) is 46.5 Å². The van der Waals surface area contributed by atoms with Crippen LogP contribution in [0.25, 0.3) is 10.9 Å². The van der Waals surface area contributed by atoms with Crippen LogP contribution < -0.4 is 10.1 Å². The fourth-order valence-electron chi connectivity index (χ4n) is 4.39. The first-order chi connectivity index (χ1) is 14.6. The number of benzene rings is 2. The molecule has 1 saturated heterocycles. The number of rotatable bonds is 7. The van der Waals surface area contributed by atoms with Crippen molar-refractivity contribution in [3.63, 3.8) is 0 Å². The molecule has 4 rings (SSSR count). The second-order valence-electron chi connectivity index (χ2n) is 8.13. The highest BCUT2D eigenvalue weighted by Crippen LogP contribution is 2.25. The van der Waals surface area contributed by atoms with Crippen LogP contribution in [0.3, 0.4) is 0 Å². The average molecular weight is 406 g/mol. The third kappa shape index (κ3) is 4.68. The lowest BCUT2D eigenvalue weighted by Gasteiger charge is -2.31. The predicted molar refractivity (Wildman–Crippen MR) is 120 cm³/mol. The van der Waals surface area contributed by atoms with Crippen molar-refractivity contribution < 1.29 is 9.53 Å². The summed E-state index contributed by atoms with van der Waals surface area (Å²) in [5, 5.41) is 4.44. The van der Waals surface area contributed by atoms with Crippen LogP contribution in [0.4, 0.5) is 0 Å². The van der Waals surface area contributed by atoms with Gasteiger partial charge in [-0.3, -0.25) is 9.69 Å². The molecule has 1 amide bonds. The quantitative estimate of drug-likeness (QED) is 0.644. The Morgan fingerprint density at radius 3 is 2.73 bits per heavy atom. The van der Waals surface area contributed by atoms with Gasteiger partial charge in [0.05, 0.1) is 6.61 Å². The van der Waals surface area contributed by atoms with Gasteiger partial charge in [0, 0.05) is 43.2 Å². The number of ether oxygens (including phenoxy) is 1. The van der Waals surface area contributed by atoms with Crippen molar-refractivity contribution in [2.45, 2.75) is 32.9 Å². The number of nitrogens with one attached hydrogen (secondary N) is 1. The van der Waals surface area contributed by atoms with Crippen molar-refractivity contribution in [1.82, 2.24) is 14.8 Å². The van der Waals surface area contributed by atoms with E-state index in [1.807, 2.05) is 31.2 Å². The van der Waals surface area contributed by atoms with E-state index < -0.39 is 0 Å². The predicted octanol–water partition coefficient (Wildman–Crippen LogP) is 4.11. The van der Waals surface area contributed by atoms with E-state index in [1.54, 1.807) is 0 Å². The second-order valence-corrected chi connectivity index (χ2v) is 8.13. The van der Waals surface area contributed by atoms with Gasteiger partial charge >= 0.3 is 0 Å². The number of carbonyl (C=O) groups excluding carboxylic acids is 1. The molecular formula is C25H31N3O2. The van der Waals surface area contributed by atoms with Gasteiger partial charge in [0.25, 0.3) is 0 Å². The molecule has 0 unspecified atom stereocenters. The second kappa shape index (κ2) is 9.35. The lowest BCUT2D eigenvalue weighted by Crippen LogP contribution is -2.40. The number of hydrogen-bond donors (Lipinski definition) is 1. The van der Waals surface area contributed by atoms with E-state index in [1.165, 1.54) is 16.5 Å². The molecule has 5 heteroatoms. The van der Waals surface area contributed by atoms with Crippen molar-refractivity contribution in [3.8, 4) is 5.75 Å². The highest BCUT2D eigenvalue weighted by atomic mass is 16.5. The highest BCUT2D eigenvalue weighted by Gasteiger charge is 2.25. The van der Waals surface area contributed by atoms with Crippen LogP contribution >= 0.6 is 0 Å². The molecular weight excluding hydrogens is 374 g/mol. The Bertz CT molecular complexity index is 1000. The normalized spacial score (nSPS) is 15.4.